The molecule has 0 aromatic heterocycles. The minimum atomic E-state index is -3.65. The molecule has 10 heteroatoms. The van der Waals surface area contributed by atoms with E-state index < -0.39 is 31.9 Å². The molecule has 0 bridgehead atoms. The fourth-order valence-corrected chi connectivity index (χ4v) is 4.35. The van der Waals surface area contributed by atoms with Crippen molar-refractivity contribution in [2.24, 2.45) is 5.10 Å². The maximum atomic E-state index is 13.6. The van der Waals surface area contributed by atoms with Crippen molar-refractivity contribution in [3.63, 3.8) is 0 Å². The first kappa shape index (κ1) is 19.3. The van der Waals surface area contributed by atoms with Crippen LogP contribution >= 0.6 is 0 Å². The van der Waals surface area contributed by atoms with Crippen LogP contribution in [-0.4, -0.2) is 39.5 Å². The third-order valence-electron chi connectivity index (χ3n) is 3.97. The van der Waals surface area contributed by atoms with Gasteiger partial charge in [0.1, 0.15) is 5.82 Å². The zero-order valence-corrected chi connectivity index (χ0v) is 16.3. The molecule has 2 aromatic rings. The molecule has 2 aromatic carbocycles. The Morgan fingerprint density at radius 3 is 2.30 bits per heavy atom. The minimum absolute atomic E-state index is 0.273. The predicted octanol–water partition coefficient (Wildman–Crippen LogP) is 2.31. The molecule has 1 aliphatic heterocycles. The molecule has 0 radical (unpaired) electrons. The van der Waals surface area contributed by atoms with Crippen LogP contribution in [0.25, 0.3) is 0 Å². The Morgan fingerprint density at radius 2 is 1.74 bits per heavy atom. The summed E-state index contributed by atoms with van der Waals surface area (Å²) in [5.74, 6) is -0.453. The Hall–Kier alpha value is -2.46. The van der Waals surface area contributed by atoms with Crippen LogP contribution in [0.5, 0.6) is 0 Å². The minimum Gasteiger partial charge on any atom is -0.284 e. The van der Waals surface area contributed by atoms with Gasteiger partial charge in [-0.05, 0) is 35.4 Å². The Kier molecular flexibility index (Phi) is 4.96. The average Bonchev–Trinajstić information content (AvgIpc) is 3.00. The molecule has 0 amide bonds. The number of hydrogen-bond donors (Lipinski definition) is 1. The van der Waals surface area contributed by atoms with Crippen molar-refractivity contribution in [2.75, 3.05) is 17.2 Å². The number of benzene rings is 2. The van der Waals surface area contributed by atoms with Crippen molar-refractivity contribution in [3.8, 4) is 0 Å². The molecule has 0 spiro atoms. The standard InChI is InChI=1S/C17H18FN3O4S2/c1-26(22,23)20-15-8-6-12(7-9-15)16-11-17(21(19-16)27(2,24)25)13-4-3-5-14(18)10-13/h3-10,17,20H,11H2,1-2H3/t17-/m1/s1. The van der Waals surface area contributed by atoms with Crippen molar-refractivity contribution in [1.82, 2.24) is 4.41 Å². The number of sulfonamides is 2. The second-order valence-corrected chi connectivity index (χ2v) is 9.90. The largest absolute Gasteiger partial charge is 0.284 e. The Labute approximate surface area is 157 Å². The van der Waals surface area contributed by atoms with Crippen LogP contribution in [0.3, 0.4) is 0 Å². The van der Waals surface area contributed by atoms with Gasteiger partial charge in [0.05, 0.1) is 24.3 Å². The lowest BCUT2D eigenvalue weighted by molar-refractivity contribution is 0.373. The second kappa shape index (κ2) is 6.93. The molecule has 1 atom stereocenters. The maximum absolute atomic E-state index is 13.6. The van der Waals surface area contributed by atoms with E-state index >= 15 is 0 Å². The van der Waals surface area contributed by atoms with E-state index in [2.05, 4.69) is 9.82 Å². The lowest BCUT2D eigenvalue weighted by Crippen LogP contribution is -2.26. The van der Waals surface area contributed by atoms with Crippen LogP contribution in [0.1, 0.15) is 23.6 Å². The quantitative estimate of drug-likeness (QED) is 0.817. The molecule has 144 valence electrons. The molecule has 1 aliphatic rings. The SMILES string of the molecule is CS(=O)(=O)Nc1ccc(C2=NN(S(C)(=O)=O)[C@@H](c3cccc(F)c3)C2)cc1. The van der Waals surface area contributed by atoms with Crippen molar-refractivity contribution in [1.29, 1.82) is 0 Å². The van der Waals surface area contributed by atoms with Gasteiger partial charge in [0.2, 0.25) is 20.0 Å². The van der Waals surface area contributed by atoms with Gasteiger partial charge in [0.25, 0.3) is 0 Å². The van der Waals surface area contributed by atoms with E-state index in [1.165, 1.54) is 18.2 Å². The van der Waals surface area contributed by atoms with Crippen LogP contribution in [0, 0.1) is 5.82 Å². The van der Waals surface area contributed by atoms with Crippen molar-refractivity contribution < 1.29 is 21.2 Å². The normalized spacial score (nSPS) is 17.7. The van der Waals surface area contributed by atoms with Crippen LogP contribution in [0.15, 0.2) is 53.6 Å². The zero-order chi connectivity index (χ0) is 19.8. The fourth-order valence-electron chi connectivity index (χ4n) is 2.88. The number of hydrogen-bond acceptors (Lipinski definition) is 5. The van der Waals surface area contributed by atoms with Crippen molar-refractivity contribution >= 4 is 31.4 Å². The summed E-state index contributed by atoms with van der Waals surface area (Å²) in [6.07, 6.45) is 2.37. The summed E-state index contributed by atoms with van der Waals surface area (Å²) in [6, 6.07) is 11.6. The molecule has 7 nitrogen and oxygen atoms in total. The lowest BCUT2D eigenvalue weighted by Gasteiger charge is -2.21. The van der Waals surface area contributed by atoms with E-state index in [9.17, 15) is 21.2 Å². The summed E-state index contributed by atoms with van der Waals surface area (Å²) >= 11 is 0. The Bertz CT molecular complexity index is 1100. The molecule has 3 rings (SSSR count). The summed E-state index contributed by atoms with van der Waals surface area (Å²) in [6.45, 7) is 0. The third kappa shape index (κ3) is 4.64. The van der Waals surface area contributed by atoms with E-state index in [1.807, 2.05) is 0 Å². The molecule has 1 heterocycles. The summed E-state index contributed by atoms with van der Waals surface area (Å²) in [4.78, 5) is 0. The van der Waals surface area contributed by atoms with Crippen LogP contribution in [0.4, 0.5) is 10.1 Å². The van der Waals surface area contributed by atoms with E-state index in [0.29, 0.717) is 22.5 Å². The van der Waals surface area contributed by atoms with Crippen molar-refractivity contribution in [3.05, 3.63) is 65.5 Å². The van der Waals surface area contributed by atoms with Crippen LogP contribution in [-0.2, 0) is 20.0 Å². The number of hydrazone groups is 1. The van der Waals surface area contributed by atoms with Gasteiger partial charge < -0.3 is 0 Å². The van der Waals surface area contributed by atoms with Gasteiger partial charge in [-0.25, -0.2) is 21.2 Å². The highest BCUT2D eigenvalue weighted by Crippen LogP contribution is 2.34. The van der Waals surface area contributed by atoms with Gasteiger partial charge in [-0.2, -0.15) is 9.52 Å². The molecule has 0 aliphatic carbocycles. The van der Waals surface area contributed by atoms with E-state index in [0.717, 1.165) is 16.9 Å². The number of anilines is 1. The van der Waals surface area contributed by atoms with Crippen molar-refractivity contribution in [2.45, 2.75) is 12.5 Å². The van der Waals surface area contributed by atoms with E-state index in [1.54, 1.807) is 30.3 Å². The summed E-state index contributed by atoms with van der Waals surface area (Å²) in [7, 11) is -7.04. The third-order valence-corrected chi connectivity index (χ3v) is 5.59. The van der Waals surface area contributed by atoms with Gasteiger partial charge >= 0.3 is 0 Å². The van der Waals surface area contributed by atoms with Gasteiger partial charge in [0, 0.05) is 12.1 Å². The summed E-state index contributed by atoms with van der Waals surface area (Å²) < 4.78 is 63.8. The Balaban J connectivity index is 1.92. The van der Waals surface area contributed by atoms with Crippen LogP contribution < -0.4 is 4.72 Å². The zero-order valence-electron chi connectivity index (χ0n) is 14.6. The van der Waals surface area contributed by atoms with Gasteiger partial charge in [-0.15, -0.1) is 0 Å². The molecular weight excluding hydrogens is 393 g/mol. The van der Waals surface area contributed by atoms with Crippen LogP contribution in [0.2, 0.25) is 0 Å². The van der Waals surface area contributed by atoms with E-state index in [4.69, 9.17) is 0 Å². The first-order valence-electron chi connectivity index (χ1n) is 7.93. The molecule has 0 saturated carbocycles. The molecule has 0 fully saturated rings. The lowest BCUT2D eigenvalue weighted by atomic mass is 9.99. The highest BCUT2D eigenvalue weighted by molar-refractivity contribution is 7.92. The highest BCUT2D eigenvalue weighted by Gasteiger charge is 2.34. The summed E-state index contributed by atoms with van der Waals surface area (Å²) in [5.41, 5.74) is 2.07. The number of nitrogens with zero attached hydrogens (tertiary/aromatic N) is 2. The second-order valence-electron chi connectivity index (χ2n) is 6.31. The van der Waals surface area contributed by atoms with Gasteiger partial charge in [0.15, 0.2) is 0 Å². The summed E-state index contributed by atoms with van der Waals surface area (Å²) in [5, 5.41) is 4.22. The fraction of sp³-hybridized carbons (Fsp3) is 0.235. The number of nitrogens with one attached hydrogen (secondary N) is 1. The first-order valence-corrected chi connectivity index (χ1v) is 11.7. The molecular formula is C17H18FN3O4S2. The predicted molar refractivity (Wildman–Crippen MR) is 102 cm³/mol. The Morgan fingerprint density at radius 1 is 1.07 bits per heavy atom. The number of rotatable bonds is 5. The van der Waals surface area contributed by atoms with Gasteiger partial charge in [-0.3, -0.25) is 4.72 Å². The topological polar surface area (TPSA) is 95.9 Å². The van der Waals surface area contributed by atoms with Gasteiger partial charge in [-0.1, -0.05) is 24.3 Å². The average molecular weight is 411 g/mol. The highest BCUT2D eigenvalue weighted by atomic mass is 32.2. The smallest absolute Gasteiger partial charge is 0.247 e. The molecule has 0 saturated heterocycles. The molecule has 27 heavy (non-hydrogen) atoms. The molecule has 0 unspecified atom stereocenters. The number of halogens is 1. The molecule has 1 N–H and O–H groups in total. The maximum Gasteiger partial charge on any atom is 0.247 e. The monoisotopic (exact) mass is 411 g/mol. The first-order chi connectivity index (χ1) is 12.5. The van der Waals surface area contributed by atoms with E-state index in [-0.39, 0.29) is 6.42 Å².